The first kappa shape index (κ1) is 13.0. The zero-order valence-corrected chi connectivity index (χ0v) is 9.95. The summed E-state index contributed by atoms with van der Waals surface area (Å²) in [5.41, 5.74) is 0. The maximum atomic E-state index is 11.7. The van der Waals surface area contributed by atoms with Crippen molar-refractivity contribution in [3.8, 4) is 0 Å². The van der Waals surface area contributed by atoms with Crippen LogP contribution < -0.4 is 0 Å². The van der Waals surface area contributed by atoms with Crippen molar-refractivity contribution < 1.29 is 14.7 Å². The van der Waals surface area contributed by atoms with Crippen molar-refractivity contribution in [3.63, 3.8) is 0 Å². The highest BCUT2D eigenvalue weighted by molar-refractivity contribution is 5.79. The fourth-order valence-electron chi connectivity index (χ4n) is 2.11. The van der Waals surface area contributed by atoms with Crippen LogP contribution in [0.25, 0.3) is 0 Å². The number of hydrogen-bond acceptors (Lipinski definition) is 2. The lowest BCUT2D eigenvalue weighted by Gasteiger charge is -2.30. The van der Waals surface area contributed by atoms with Gasteiger partial charge in [0.2, 0.25) is 5.91 Å². The molecule has 0 spiro atoms. The first-order chi connectivity index (χ1) is 7.61. The molecule has 1 unspecified atom stereocenters. The van der Waals surface area contributed by atoms with E-state index >= 15 is 0 Å². The van der Waals surface area contributed by atoms with Crippen LogP contribution in [-0.4, -0.2) is 35.0 Å². The fourth-order valence-corrected chi connectivity index (χ4v) is 2.11. The van der Waals surface area contributed by atoms with E-state index in [-0.39, 0.29) is 18.2 Å². The number of piperidine rings is 1. The Balaban J connectivity index is 2.12. The number of amides is 1. The lowest BCUT2D eigenvalue weighted by molar-refractivity contribution is -0.138. The molecule has 16 heavy (non-hydrogen) atoms. The van der Waals surface area contributed by atoms with Crippen LogP contribution in [0.15, 0.2) is 0 Å². The van der Waals surface area contributed by atoms with E-state index in [2.05, 4.69) is 0 Å². The molecular formula is C12H21NO3. The second kappa shape index (κ2) is 6.51. The summed E-state index contributed by atoms with van der Waals surface area (Å²) in [6.45, 7) is 3.66. The lowest BCUT2D eigenvalue weighted by atomic mass is 9.99. The molecule has 0 aromatic carbocycles. The van der Waals surface area contributed by atoms with Crippen molar-refractivity contribution in [2.45, 2.75) is 45.4 Å². The summed E-state index contributed by atoms with van der Waals surface area (Å²) >= 11 is 0. The monoisotopic (exact) mass is 227 g/mol. The number of aliphatic carboxylic acids is 1. The van der Waals surface area contributed by atoms with Crippen LogP contribution in [0.4, 0.5) is 0 Å². The van der Waals surface area contributed by atoms with Gasteiger partial charge < -0.3 is 10.0 Å². The summed E-state index contributed by atoms with van der Waals surface area (Å²) in [6.07, 6.45) is 4.88. The van der Waals surface area contributed by atoms with Crippen molar-refractivity contribution in [1.29, 1.82) is 0 Å². The molecule has 1 rings (SSSR count). The van der Waals surface area contributed by atoms with Gasteiger partial charge in [-0.05, 0) is 25.7 Å². The van der Waals surface area contributed by atoms with Crippen LogP contribution in [0, 0.1) is 5.92 Å². The SMILES string of the molecule is CC1CCCN(CCCCCC(=O)O)C1=O. The molecule has 0 radical (unpaired) electrons. The number of likely N-dealkylation sites (tertiary alicyclic amines) is 1. The van der Waals surface area contributed by atoms with Gasteiger partial charge in [0.1, 0.15) is 0 Å². The molecule has 92 valence electrons. The summed E-state index contributed by atoms with van der Waals surface area (Å²) in [4.78, 5) is 23.9. The predicted molar refractivity (Wildman–Crippen MR) is 61.1 cm³/mol. The molecule has 0 bridgehead atoms. The lowest BCUT2D eigenvalue weighted by Crippen LogP contribution is -2.40. The molecule has 0 aromatic rings. The van der Waals surface area contributed by atoms with E-state index < -0.39 is 5.97 Å². The summed E-state index contributed by atoms with van der Waals surface area (Å²) in [7, 11) is 0. The van der Waals surface area contributed by atoms with E-state index in [4.69, 9.17) is 5.11 Å². The van der Waals surface area contributed by atoms with E-state index in [0.29, 0.717) is 6.42 Å². The second-order valence-corrected chi connectivity index (χ2v) is 4.57. The molecular weight excluding hydrogens is 206 g/mol. The molecule has 1 amide bonds. The van der Waals surface area contributed by atoms with Crippen LogP contribution in [0.2, 0.25) is 0 Å². The minimum Gasteiger partial charge on any atom is -0.481 e. The van der Waals surface area contributed by atoms with Crippen LogP contribution in [0.1, 0.15) is 45.4 Å². The topological polar surface area (TPSA) is 57.6 Å². The third kappa shape index (κ3) is 4.21. The molecule has 0 aromatic heterocycles. The van der Waals surface area contributed by atoms with Crippen molar-refractivity contribution in [1.82, 2.24) is 4.90 Å². The van der Waals surface area contributed by atoms with Crippen LogP contribution in [-0.2, 0) is 9.59 Å². The van der Waals surface area contributed by atoms with Crippen LogP contribution in [0.5, 0.6) is 0 Å². The maximum absolute atomic E-state index is 11.7. The first-order valence-corrected chi connectivity index (χ1v) is 6.12. The summed E-state index contributed by atoms with van der Waals surface area (Å²) in [6, 6.07) is 0. The number of hydrogen-bond donors (Lipinski definition) is 1. The minimum atomic E-state index is -0.734. The summed E-state index contributed by atoms with van der Waals surface area (Å²) in [5.74, 6) is -0.292. The van der Waals surface area contributed by atoms with E-state index in [9.17, 15) is 9.59 Å². The second-order valence-electron chi connectivity index (χ2n) is 4.57. The molecule has 0 saturated carbocycles. The standard InChI is InChI=1S/C12H21NO3/c1-10-6-5-9-13(12(10)16)8-4-2-3-7-11(14)15/h10H,2-9H2,1H3,(H,14,15). The Kier molecular flexibility index (Phi) is 5.29. The Morgan fingerprint density at radius 2 is 2.19 bits per heavy atom. The maximum Gasteiger partial charge on any atom is 0.303 e. The minimum absolute atomic E-state index is 0.174. The van der Waals surface area contributed by atoms with Crippen molar-refractivity contribution in [2.75, 3.05) is 13.1 Å². The third-order valence-electron chi connectivity index (χ3n) is 3.12. The third-order valence-corrected chi connectivity index (χ3v) is 3.12. The number of carboxylic acids is 1. The summed E-state index contributed by atoms with van der Waals surface area (Å²) < 4.78 is 0. The van der Waals surface area contributed by atoms with Gasteiger partial charge in [-0.25, -0.2) is 0 Å². The Bertz CT molecular complexity index is 253. The Morgan fingerprint density at radius 1 is 1.44 bits per heavy atom. The molecule has 1 saturated heterocycles. The number of carboxylic acid groups (broad SMARTS) is 1. The number of carbonyl (C=O) groups excluding carboxylic acids is 1. The van der Waals surface area contributed by atoms with E-state index in [0.717, 1.165) is 38.8 Å². The quantitative estimate of drug-likeness (QED) is 0.705. The molecule has 4 heteroatoms. The van der Waals surface area contributed by atoms with E-state index in [1.54, 1.807) is 0 Å². The zero-order chi connectivity index (χ0) is 12.0. The Labute approximate surface area is 96.6 Å². The molecule has 1 atom stereocenters. The highest BCUT2D eigenvalue weighted by atomic mass is 16.4. The van der Waals surface area contributed by atoms with Gasteiger partial charge in [0.15, 0.2) is 0 Å². The largest absolute Gasteiger partial charge is 0.481 e. The average molecular weight is 227 g/mol. The molecule has 1 aliphatic heterocycles. The van der Waals surface area contributed by atoms with E-state index in [1.807, 2.05) is 11.8 Å². The smallest absolute Gasteiger partial charge is 0.303 e. The number of carbonyl (C=O) groups is 2. The Hall–Kier alpha value is -1.06. The summed E-state index contributed by atoms with van der Waals surface area (Å²) in [5, 5.41) is 8.47. The molecule has 1 heterocycles. The zero-order valence-electron chi connectivity index (χ0n) is 9.95. The number of nitrogens with zero attached hydrogens (tertiary/aromatic N) is 1. The van der Waals surface area contributed by atoms with Crippen molar-refractivity contribution in [3.05, 3.63) is 0 Å². The van der Waals surface area contributed by atoms with Crippen molar-refractivity contribution >= 4 is 11.9 Å². The highest BCUT2D eigenvalue weighted by Crippen LogP contribution is 2.17. The van der Waals surface area contributed by atoms with Gasteiger partial charge in [0.25, 0.3) is 0 Å². The molecule has 4 nitrogen and oxygen atoms in total. The van der Waals surface area contributed by atoms with Gasteiger partial charge >= 0.3 is 5.97 Å². The number of unbranched alkanes of at least 4 members (excludes halogenated alkanes) is 2. The molecule has 1 N–H and O–H groups in total. The molecule has 0 aliphatic carbocycles. The van der Waals surface area contributed by atoms with Crippen molar-refractivity contribution in [2.24, 2.45) is 5.92 Å². The van der Waals surface area contributed by atoms with Gasteiger partial charge in [-0.15, -0.1) is 0 Å². The first-order valence-electron chi connectivity index (χ1n) is 6.12. The predicted octanol–water partition coefficient (Wildman–Crippen LogP) is 1.89. The van der Waals surface area contributed by atoms with Crippen LogP contribution >= 0.6 is 0 Å². The Morgan fingerprint density at radius 3 is 2.88 bits per heavy atom. The highest BCUT2D eigenvalue weighted by Gasteiger charge is 2.24. The van der Waals surface area contributed by atoms with Gasteiger partial charge in [-0.1, -0.05) is 13.3 Å². The van der Waals surface area contributed by atoms with Gasteiger partial charge in [-0.3, -0.25) is 9.59 Å². The average Bonchev–Trinajstić information content (AvgIpc) is 2.23. The normalized spacial score (nSPS) is 21.2. The van der Waals surface area contributed by atoms with Gasteiger partial charge in [-0.2, -0.15) is 0 Å². The van der Waals surface area contributed by atoms with Gasteiger partial charge in [0, 0.05) is 25.4 Å². The van der Waals surface area contributed by atoms with Crippen LogP contribution in [0.3, 0.4) is 0 Å². The molecule has 1 aliphatic rings. The van der Waals surface area contributed by atoms with Gasteiger partial charge in [0.05, 0.1) is 0 Å². The number of rotatable bonds is 6. The fraction of sp³-hybridized carbons (Fsp3) is 0.833. The van der Waals surface area contributed by atoms with E-state index in [1.165, 1.54) is 0 Å². The molecule has 1 fully saturated rings.